The molecule has 0 spiro atoms. The highest BCUT2D eigenvalue weighted by atomic mass is 16.5. The molecule has 0 radical (unpaired) electrons. The summed E-state index contributed by atoms with van der Waals surface area (Å²) < 4.78 is 16.0. The van der Waals surface area contributed by atoms with Gasteiger partial charge in [0.15, 0.2) is 11.5 Å². The van der Waals surface area contributed by atoms with Gasteiger partial charge in [-0.15, -0.1) is 0 Å². The van der Waals surface area contributed by atoms with Crippen LogP contribution >= 0.6 is 0 Å². The van der Waals surface area contributed by atoms with Crippen molar-refractivity contribution in [1.82, 2.24) is 0 Å². The van der Waals surface area contributed by atoms with Crippen LogP contribution < -0.4 is 14.2 Å². The van der Waals surface area contributed by atoms with E-state index in [0.717, 1.165) is 11.1 Å². The lowest BCUT2D eigenvalue weighted by Crippen LogP contribution is -1.97. The Bertz CT molecular complexity index is 715. The maximum Gasteiger partial charge on any atom is 0.203 e. The molecule has 2 rings (SSSR count). The van der Waals surface area contributed by atoms with E-state index in [2.05, 4.69) is 6.07 Å². The fourth-order valence-electron chi connectivity index (χ4n) is 2.19. The lowest BCUT2D eigenvalue weighted by molar-refractivity contribution is 0.324. The fourth-order valence-corrected chi connectivity index (χ4v) is 2.19. The van der Waals surface area contributed by atoms with Crippen LogP contribution in [0.5, 0.6) is 17.2 Å². The molecule has 0 aliphatic carbocycles. The Morgan fingerprint density at radius 2 is 1.59 bits per heavy atom. The van der Waals surface area contributed by atoms with Crippen molar-refractivity contribution < 1.29 is 14.2 Å². The summed E-state index contributed by atoms with van der Waals surface area (Å²) in [5.41, 5.74) is 2.15. The second-order valence-corrected chi connectivity index (χ2v) is 4.46. The van der Waals surface area contributed by atoms with Crippen LogP contribution in [0.1, 0.15) is 11.1 Å². The number of methoxy groups -OCH3 is 3. The van der Waals surface area contributed by atoms with Crippen molar-refractivity contribution in [2.75, 3.05) is 21.3 Å². The van der Waals surface area contributed by atoms with Gasteiger partial charge in [-0.1, -0.05) is 30.3 Å². The molecule has 0 aliphatic heterocycles. The first-order valence-corrected chi connectivity index (χ1v) is 6.71. The maximum atomic E-state index is 9.42. The molecule has 0 bridgehead atoms. The minimum atomic E-state index is 0.504. The van der Waals surface area contributed by atoms with Gasteiger partial charge in [0.1, 0.15) is 0 Å². The first-order chi connectivity index (χ1) is 10.7. The Morgan fingerprint density at radius 3 is 2.14 bits per heavy atom. The standard InChI is InChI=1S/C18H17NO3/c1-20-16-10-9-14(17(21-2)18(16)22-3)11-15(12-19)13-7-5-4-6-8-13/h4-11H,1-3H3/b15-11+. The highest BCUT2D eigenvalue weighted by Gasteiger charge is 2.15. The van der Waals surface area contributed by atoms with Crippen LogP contribution in [0.2, 0.25) is 0 Å². The lowest BCUT2D eigenvalue weighted by atomic mass is 10.0. The summed E-state index contributed by atoms with van der Waals surface area (Å²) in [6.07, 6.45) is 1.77. The zero-order chi connectivity index (χ0) is 15.9. The van der Waals surface area contributed by atoms with E-state index < -0.39 is 0 Å². The third-order valence-corrected chi connectivity index (χ3v) is 3.24. The number of hydrogen-bond acceptors (Lipinski definition) is 4. The van der Waals surface area contributed by atoms with Crippen molar-refractivity contribution in [2.24, 2.45) is 0 Å². The second kappa shape index (κ2) is 7.19. The second-order valence-electron chi connectivity index (χ2n) is 4.46. The molecule has 0 fully saturated rings. The molecule has 4 heteroatoms. The molecular formula is C18H17NO3. The van der Waals surface area contributed by atoms with E-state index in [1.54, 1.807) is 33.5 Å². The number of benzene rings is 2. The molecule has 2 aromatic rings. The third kappa shape index (κ3) is 3.04. The number of allylic oxidation sites excluding steroid dienone is 1. The normalized spacial score (nSPS) is 10.7. The Kier molecular flexibility index (Phi) is 5.05. The van der Waals surface area contributed by atoms with Crippen molar-refractivity contribution in [3.05, 3.63) is 53.6 Å². The van der Waals surface area contributed by atoms with Crippen LogP contribution in [0.25, 0.3) is 11.6 Å². The highest BCUT2D eigenvalue weighted by Crippen LogP contribution is 2.41. The predicted octanol–water partition coefficient (Wildman–Crippen LogP) is 3.78. The number of ether oxygens (including phenoxy) is 3. The molecule has 22 heavy (non-hydrogen) atoms. The smallest absolute Gasteiger partial charge is 0.203 e. The molecule has 0 aromatic heterocycles. The molecule has 0 amide bonds. The minimum absolute atomic E-state index is 0.504. The lowest BCUT2D eigenvalue weighted by Gasteiger charge is -2.14. The molecule has 0 atom stereocenters. The fraction of sp³-hybridized carbons (Fsp3) is 0.167. The van der Waals surface area contributed by atoms with Crippen molar-refractivity contribution in [3.8, 4) is 23.3 Å². The zero-order valence-corrected chi connectivity index (χ0v) is 12.8. The molecule has 0 heterocycles. The SMILES string of the molecule is COc1ccc(/C=C(\C#N)c2ccccc2)c(OC)c1OC. The number of nitriles is 1. The van der Waals surface area contributed by atoms with E-state index in [1.807, 2.05) is 36.4 Å². The van der Waals surface area contributed by atoms with Crippen molar-refractivity contribution >= 4 is 11.6 Å². The van der Waals surface area contributed by atoms with Gasteiger partial charge in [-0.3, -0.25) is 0 Å². The predicted molar refractivity (Wildman–Crippen MR) is 86.0 cm³/mol. The summed E-state index contributed by atoms with van der Waals surface area (Å²) in [5.74, 6) is 1.62. The van der Waals surface area contributed by atoms with Gasteiger partial charge in [-0.05, 0) is 23.8 Å². The van der Waals surface area contributed by atoms with E-state index in [-0.39, 0.29) is 0 Å². The highest BCUT2D eigenvalue weighted by molar-refractivity contribution is 5.91. The van der Waals surface area contributed by atoms with Gasteiger partial charge in [0.05, 0.1) is 33.0 Å². The molecule has 4 nitrogen and oxygen atoms in total. The van der Waals surface area contributed by atoms with Crippen LogP contribution in [-0.2, 0) is 0 Å². The monoisotopic (exact) mass is 295 g/mol. The number of rotatable bonds is 5. The van der Waals surface area contributed by atoms with Gasteiger partial charge in [0.25, 0.3) is 0 Å². The van der Waals surface area contributed by atoms with Gasteiger partial charge in [-0.25, -0.2) is 0 Å². The Morgan fingerprint density at radius 1 is 0.909 bits per heavy atom. The Balaban J connectivity index is 2.57. The number of hydrogen-bond donors (Lipinski definition) is 0. The number of nitrogens with zero attached hydrogens (tertiary/aromatic N) is 1. The summed E-state index contributed by atoms with van der Waals surface area (Å²) in [6, 6.07) is 15.3. The van der Waals surface area contributed by atoms with E-state index in [4.69, 9.17) is 14.2 Å². The van der Waals surface area contributed by atoms with Gasteiger partial charge in [0, 0.05) is 5.56 Å². The first kappa shape index (κ1) is 15.5. The summed E-state index contributed by atoms with van der Waals surface area (Å²) in [4.78, 5) is 0. The van der Waals surface area contributed by atoms with Gasteiger partial charge in [-0.2, -0.15) is 5.26 Å². The van der Waals surface area contributed by atoms with Crippen LogP contribution in [0.3, 0.4) is 0 Å². The van der Waals surface area contributed by atoms with E-state index in [1.165, 1.54) is 0 Å². The molecule has 0 N–H and O–H groups in total. The molecule has 0 aliphatic rings. The third-order valence-electron chi connectivity index (χ3n) is 3.24. The quantitative estimate of drug-likeness (QED) is 0.622. The average Bonchev–Trinajstić information content (AvgIpc) is 2.59. The van der Waals surface area contributed by atoms with E-state index >= 15 is 0 Å². The summed E-state index contributed by atoms with van der Waals surface area (Å²) in [6.45, 7) is 0. The van der Waals surface area contributed by atoms with Gasteiger partial charge in [0.2, 0.25) is 5.75 Å². The van der Waals surface area contributed by atoms with Crippen LogP contribution in [-0.4, -0.2) is 21.3 Å². The van der Waals surface area contributed by atoms with E-state index in [9.17, 15) is 5.26 Å². The maximum absolute atomic E-state index is 9.42. The van der Waals surface area contributed by atoms with Gasteiger partial charge >= 0.3 is 0 Å². The van der Waals surface area contributed by atoms with Crippen molar-refractivity contribution in [1.29, 1.82) is 5.26 Å². The van der Waals surface area contributed by atoms with E-state index in [0.29, 0.717) is 22.8 Å². The molecule has 2 aromatic carbocycles. The Labute approximate surface area is 130 Å². The molecule has 0 unspecified atom stereocenters. The summed E-state index contributed by atoms with van der Waals surface area (Å²) >= 11 is 0. The van der Waals surface area contributed by atoms with Gasteiger partial charge < -0.3 is 14.2 Å². The van der Waals surface area contributed by atoms with Crippen LogP contribution in [0, 0.1) is 11.3 Å². The largest absolute Gasteiger partial charge is 0.493 e. The first-order valence-electron chi connectivity index (χ1n) is 6.71. The summed E-state index contributed by atoms with van der Waals surface area (Å²) in [5, 5.41) is 9.42. The summed E-state index contributed by atoms with van der Waals surface area (Å²) in [7, 11) is 4.68. The molecular weight excluding hydrogens is 278 g/mol. The average molecular weight is 295 g/mol. The molecule has 0 saturated heterocycles. The van der Waals surface area contributed by atoms with Crippen molar-refractivity contribution in [2.45, 2.75) is 0 Å². The van der Waals surface area contributed by atoms with Crippen LogP contribution in [0.15, 0.2) is 42.5 Å². The topological polar surface area (TPSA) is 51.5 Å². The van der Waals surface area contributed by atoms with Crippen LogP contribution in [0.4, 0.5) is 0 Å². The zero-order valence-electron chi connectivity index (χ0n) is 12.8. The van der Waals surface area contributed by atoms with Crippen molar-refractivity contribution in [3.63, 3.8) is 0 Å². The molecule has 0 saturated carbocycles. The molecule has 112 valence electrons. The minimum Gasteiger partial charge on any atom is -0.493 e. The Hall–Kier alpha value is -2.93.